The minimum absolute atomic E-state index is 0.770. The number of para-hydroxylation sites is 1. The van der Waals surface area contributed by atoms with Crippen molar-refractivity contribution < 1.29 is 0 Å². The van der Waals surface area contributed by atoms with Crippen LogP contribution in [0.2, 0.25) is 5.02 Å². The van der Waals surface area contributed by atoms with Gasteiger partial charge in [0.25, 0.3) is 0 Å². The lowest BCUT2D eigenvalue weighted by molar-refractivity contribution is 0.765. The Morgan fingerprint density at radius 2 is 2.05 bits per heavy atom. The van der Waals surface area contributed by atoms with Crippen molar-refractivity contribution in [3.63, 3.8) is 0 Å². The molecule has 0 unspecified atom stereocenters. The molecular weight excluding hydrogens is 288 g/mol. The first-order valence-corrected chi connectivity index (χ1v) is 7.92. The van der Waals surface area contributed by atoms with Crippen LogP contribution in [0.3, 0.4) is 0 Å². The van der Waals surface area contributed by atoms with Gasteiger partial charge in [-0.1, -0.05) is 41.1 Å². The highest BCUT2D eigenvalue weighted by Crippen LogP contribution is 2.38. The van der Waals surface area contributed by atoms with Crippen molar-refractivity contribution >= 4 is 44.0 Å². The van der Waals surface area contributed by atoms with Crippen LogP contribution >= 0.6 is 22.9 Å². The van der Waals surface area contributed by atoms with Crippen LogP contribution in [0.25, 0.3) is 10.2 Å². The molecule has 4 heteroatoms. The fourth-order valence-corrected chi connectivity index (χ4v) is 4.02. The van der Waals surface area contributed by atoms with Gasteiger partial charge in [-0.25, -0.2) is 4.98 Å². The van der Waals surface area contributed by atoms with Crippen molar-refractivity contribution in [3.05, 3.63) is 53.1 Å². The molecule has 4 rings (SSSR count). The third-order valence-electron chi connectivity index (χ3n) is 3.68. The van der Waals surface area contributed by atoms with E-state index >= 15 is 0 Å². The van der Waals surface area contributed by atoms with Gasteiger partial charge in [-0.15, -0.1) is 0 Å². The molecule has 100 valence electrons. The molecule has 20 heavy (non-hydrogen) atoms. The Bertz CT molecular complexity index is 781. The van der Waals surface area contributed by atoms with Crippen molar-refractivity contribution in [2.45, 2.75) is 12.8 Å². The van der Waals surface area contributed by atoms with Gasteiger partial charge in [-0.3, -0.25) is 0 Å². The fourth-order valence-electron chi connectivity index (χ4n) is 2.73. The van der Waals surface area contributed by atoms with Gasteiger partial charge in [-0.2, -0.15) is 0 Å². The summed E-state index contributed by atoms with van der Waals surface area (Å²) in [5, 5.41) is 1.83. The topological polar surface area (TPSA) is 16.1 Å². The summed E-state index contributed by atoms with van der Waals surface area (Å²) in [6, 6.07) is 14.5. The van der Waals surface area contributed by atoms with E-state index < -0.39 is 0 Å². The van der Waals surface area contributed by atoms with E-state index in [0.717, 1.165) is 33.3 Å². The molecule has 0 saturated heterocycles. The lowest BCUT2D eigenvalue weighted by atomic mass is 10.0. The zero-order valence-electron chi connectivity index (χ0n) is 10.8. The number of aromatic nitrogens is 1. The summed E-state index contributed by atoms with van der Waals surface area (Å²) in [6.07, 6.45) is 2.33. The van der Waals surface area contributed by atoms with Crippen LogP contribution in [-0.4, -0.2) is 11.5 Å². The van der Waals surface area contributed by atoms with E-state index in [1.165, 1.54) is 17.7 Å². The Morgan fingerprint density at radius 3 is 3.00 bits per heavy atom. The molecule has 0 amide bonds. The number of halogens is 1. The molecule has 0 atom stereocenters. The molecule has 1 aromatic heterocycles. The minimum Gasteiger partial charge on any atom is -0.318 e. The summed E-state index contributed by atoms with van der Waals surface area (Å²) in [7, 11) is 0. The molecule has 0 saturated carbocycles. The molecule has 0 radical (unpaired) electrons. The van der Waals surface area contributed by atoms with E-state index in [-0.39, 0.29) is 0 Å². The average Bonchev–Trinajstić information content (AvgIpc) is 2.89. The number of nitrogens with zero attached hydrogens (tertiary/aromatic N) is 2. The van der Waals surface area contributed by atoms with Crippen LogP contribution in [0.4, 0.5) is 10.8 Å². The first kappa shape index (κ1) is 12.2. The molecule has 0 aliphatic carbocycles. The predicted octanol–water partition coefficient (Wildman–Crippen LogP) is 5.03. The highest BCUT2D eigenvalue weighted by molar-refractivity contribution is 7.22. The third kappa shape index (κ3) is 1.98. The standard InChI is InChI=1S/C16H13ClN2S/c17-12-7-8-13-15(10-12)20-16(18-13)19-9-3-5-11-4-1-2-6-14(11)19/h1-2,4,6-8,10H,3,5,9H2. The summed E-state index contributed by atoms with van der Waals surface area (Å²) < 4.78 is 1.15. The van der Waals surface area contributed by atoms with Crippen molar-refractivity contribution in [1.82, 2.24) is 4.98 Å². The summed E-state index contributed by atoms with van der Waals surface area (Å²) in [6.45, 7) is 1.03. The Hall–Kier alpha value is -1.58. The highest BCUT2D eigenvalue weighted by atomic mass is 35.5. The van der Waals surface area contributed by atoms with Gasteiger partial charge in [0.2, 0.25) is 0 Å². The molecule has 0 bridgehead atoms. The summed E-state index contributed by atoms with van der Waals surface area (Å²) in [5.74, 6) is 0. The lowest BCUT2D eigenvalue weighted by Gasteiger charge is -2.28. The molecule has 2 nitrogen and oxygen atoms in total. The normalized spacial score (nSPS) is 14.6. The number of hydrogen-bond donors (Lipinski definition) is 0. The minimum atomic E-state index is 0.770. The van der Waals surface area contributed by atoms with E-state index in [4.69, 9.17) is 16.6 Å². The van der Waals surface area contributed by atoms with Crippen LogP contribution in [0.15, 0.2) is 42.5 Å². The van der Waals surface area contributed by atoms with Crippen LogP contribution in [-0.2, 0) is 6.42 Å². The van der Waals surface area contributed by atoms with Gasteiger partial charge in [-0.05, 0) is 42.7 Å². The van der Waals surface area contributed by atoms with Gasteiger partial charge in [0, 0.05) is 17.3 Å². The zero-order chi connectivity index (χ0) is 13.5. The Labute approximate surface area is 126 Å². The SMILES string of the molecule is Clc1ccc2nc(N3CCCc4ccccc43)sc2c1. The molecule has 2 heterocycles. The monoisotopic (exact) mass is 300 g/mol. The molecule has 1 aliphatic heterocycles. The van der Waals surface area contributed by atoms with E-state index in [9.17, 15) is 0 Å². The maximum absolute atomic E-state index is 6.06. The maximum atomic E-state index is 6.06. The van der Waals surface area contributed by atoms with Gasteiger partial charge in [0.15, 0.2) is 5.13 Å². The largest absolute Gasteiger partial charge is 0.318 e. The number of benzene rings is 2. The van der Waals surface area contributed by atoms with Crippen molar-refractivity contribution in [3.8, 4) is 0 Å². The zero-order valence-corrected chi connectivity index (χ0v) is 12.4. The van der Waals surface area contributed by atoms with Gasteiger partial charge in [0.05, 0.1) is 10.2 Å². The van der Waals surface area contributed by atoms with Crippen LogP contribution in [0.1, 0.15) is 12.0 Å². The first-order chi connectivity index (χ1) is 9.81. The Morgan fingerprint density at radius 1 is 1.15 bits per heavy atom. The van der Waals surface area contributed by atoms with E-state index in [0.29, 0.717) is 0 Å². The van der Waals surface area contributed by atoms with Crippen molar-refractivity contribution in [2.75, 3.05) is 11.4 Å². The number of rotatable bonds is 1. The van der Waals surface area contributed by atoms with Gasteiger partial charge in [0.1, 0.15) is 0 Å². The smallest absolute Gasteiger partial charge is 0.190 e. The predicted molar refractivity (Wildman–Crippen MR) is 86.4 cm³/mol. The van der Waals surface area contributed by atoms with Crippen LogP contribution in [0.5, 0.6) is 0 Å². The molecule has 0 N–H and O–H groups in total. The van der Waals surface area contributed by atoms with Gasteiger partial charge >= 0.3 is 0 Å². The second kappa shape index (κ2) is 4.76. The molecule has 3 aromatic rings. The maximum Gasteiger partial charge on any atom is 0.190 e. The molecule has 0 spiro atoms. The second-order valence-corrected chi connectivity index (χ2v) is 6.44. The summed E-state index contributed by atoms with van der Waals surface area (Å²) in [4.78, 5) is 7.09. The number of anilines is 2. The highest BCUT2D eigenvalue weighted by Gasteiger charge is 2.20. The first-order valence-electron chi connectivity index (χ1n) is 6.73. The molecule has 1 aliphatic rings. The number of aryl methyl sites for hydroxylation is 1. The van der Waals surface area contributed by atoms with Gasteiger partial charge < -0.3 is 4.90 Å². The summed E-state index contributed by atoms with van der Waals surface area (Å²) in [5.41, 5.74) is 3.73. The molecule has 0 fully saturated rings. The van der Waals surface area contributed by atoms with E-state index in [1.54, 1.807) is 11.3 Å². The molecule has 2 aromatic carbocycles. The van der Waals surface area contributed by atoms with Crippen LogP contribution < -0.4 is 4.90 Å². The van der Waals surface area contributed by atoms with Crippen LogP contribution in [0, 0.1) is 0 Å². The van der Waals surface area contributed by atoms with E-state index in [2.05, 4.69) is 29.2 Å². The van der Waals surface area contributed by atoms with E-state index in [1.807, 2.05) is 18.2 Å². The summed E-state index contributed by atoms with van der Waals surface area (Å²) >= 11 is 7.77. The fraction of sp³-hybridized carbons (Fsp3) is 0.188. The Kier molecular flexibility index (Phi) is 2.90. The van der Waals surface area contributed by atoms with Crippen molar-refractivity contribution in [2.24, 2.45) is 0 Å². The number of thiazole rings is 1. The second-order valence-electron chi connectivity index (χ2n) is 4.99. The van der Waals surface area contributed by atoms with Crippen molar-refractivity contribution in [1.29, 1.82) is 0 Å². The Balaban J connectivity index is 1.84. The number of fused-ring (bicyclic) bond motifs is 2. The third-order valence-corrected chi connectivity index (χ3v) is 4.96. The molecular formula is C16H13ClN2S. The quantitative estimate of drug-likeness (QED) is 0.626. The number of hydrogen-bond acceptors (Lipinski definition) is 3. The average molecular weight is 301 g/mol. The lowest BCUT2D eigenvalue weighted by Crippen LogP contribution is -2.24.